The van der Waals surface area contributed by atoms with Gasteiger partial charge in [-0.05, 0) is 25.2 Å². The Morgan fingerprint density at radius 2 is 1.88 bits per heavy atom. The highest BCUT2D eigenvalue weighted by atomic mass is 32.2. The number of carboxylic acid groups (broad SMARTS) is 1. The number of carboxylic acids is 1. The molecule has 0 aliphatic heterocycles. The van der Waals surface area contributed by atoms with Gasteiger partial charge in [0.05, 0.1) is 5.75 Å². The van der Waals surface area contributed by atoms with Gasteiger partial charge in [0.15, 0.2) is 0 Å². The molecule has 0 amide bonds. The van der Waals surface area contributed by atoms with Gasteiger partial charge in [-0.15, -0.1) is 0 Å². The fourth-order valence-corrected chi connectivity index (χ4v) is 3.72. The minimum Gasteiger partial charge on any atom is -0.481 e. The van der Waals surface area contributed by atoms with Gasteiger partial charge in [-0.25, -0.2) is 13.1 Å². The summed E-state index contributed by atoms with van der Waals surface area (Å²) in [6, 6.07) is 0. The lowest BCUT2D eigenvalue weighted by Crippen LogP contribution is -2.31. The Morgan fingerprint density at radius 1 is 1.24 bits per heavy atom. The van der Waals surface area contributed by atoms with Crippen LogP contribution in [0.2, 0.25) is 0 Å². The van der Waals surface area contributed by atoms with Crippen molar-refractivity contribution in [2.45, 2.75) is 44.9 Å². The summed E-state index contributed by atoms with van der Waals surface area (Å²) in [5.41, 5.74) is 0. The van der Waals surface area contributed by atoms with Crippen molar-refractivity contribution >= 4 is 16.0 Å². The van der Waals surface area contributed by atoms with Crippen molar-refractivity contribution < 1.29 is 18.3 Å². The lowest BCUT2D eigenvalue weighted by molar-refractivity contribution is -0.137. The predicted molar refractivity (Wildman–Crippen MR) is 65.2 cm³/mol. The summed E-state index contributed by atoms with van der Waals surface area (Å²) >= 11 is 0. The van der Waals surface area contributed by atoms with E-state index < -0.39 is 16.0 Å². The maximum atomic E-state index is 11.7. The van der Waals surface area contributed by atoms with Gasteiger partial charge in [0.25, 0.3) is 0 Å². The first-order valence-corrected chi connectivity index (χ1v) is 7.84. The highest BCUT2D eigenvalue weighted by molar-refractivity contribution is 7.89. The summed E-state index contributed by atoms with van der Waals surface area (Å²) in [6.45, 7) is 0.224. The molecule has 0 aromatic rings. The molecule has 0 heterocycles. The Balaban J connectivity index is 2.22. The molecule has 1 saturated carbocycles. The summed E-state index contributed by atoms with van der Waals surface area (Å²) in [5.74, 6) is -0.419. The van der Waals surface area contributed by atoms with Gasteiger partial charge >= 0.3 is 5.97 Å². The average molecular weight is 263 g/mol. The zero-order chi connectivity index (χ0) is 12.7. The van der Waals surface area contributed by atoms with Crippen LogP contribution in [0, 0.1) is 5.92 Å². The van der Waals surface area contributed by atoms with Crippen LogP contribution in [0.5, 0.6) is 0 Å². The summed E-state index contributed by atoms with van der Waals surface area (Å²) in [4.78, 5) is 10.3. The number of hydrogen-bond acceptors (Lipinski definition) is 3. The molecule has 1 fully saturated rings. The van der Waals surface area contributed by atoms with Gasteiger partial charge in [0.1, 0.15) is 0 Å². The van der Waals surface area contributed by atoms with Crippen LogP contribution in [0.1, 0.15) is 44.9 Å². The third-order valence-corrected chi connectivity index (χ3v) is 4.62. The summed E-state index contributed by atoms with van der Waals surface area (Å²) in [7, 11) is -3.22. The molecule has 0 aromatic heterocycles. The predicted octanol–water partition coefficient (Wildman–Crippen LogP) is 1.35. The smallest absolute Gasteiger partial charge is 0.303 e. The highest BCUT2D eigenvalue weighted by Crippen LogP contribution is 2.24. The van der Waals surface area contributed by atoms with E-state index in [0.717, 1.165) is 25.7 Å². The molecule has 100 valence electrons. The summed E-state index contributed by atoms with van der Waals surface area (Å²) < 4.78 is 25.8. The fraction of sp³-hybridized carbons (Fsp3) is 0.909. The van der Waals surface area contributed by atoms with Gasteiger partial charge in [-0.2, -0.15) is 0 Å². The number of carbonyl (C=O) groups is 1. The first kappa shape index (κ1) is 14.4. The molecule has 5 nitrogen and oxygen atoms in total. The lowest BCUT2D eigenvalue weighted by atomic mass is 9.91. The fourth-order valence-electron chi connectivity index (χ4n) is 2.19. The van der Waals surface area contributed by atoms with Crippen molar-refractivity contribution in [3.05, 3.63) is 0 Å². The van der Waals surface area contributed by atoms with Crippen LogP contribution in [0.25, 0.3) is 0 Å². The van der Waals surface area contributed by atoms with E-state index >= 15 is 0 Å². The Kier molecular flexibility index (Phi) is 5.91. The number of aliphatic carboxylic acids is 1. The van der Waals surface area contributed by atoms with Gasteiger partial charge in [-0.3, -0.25) is 4.79 Å². The molecule has 0 saturated heterocycles. The van der Waals surface area contributed by atoms with E-state index in [1.165, 1.54) is 6.42 Å². The molecule has 6 heteroatoms. The lowest BCUT2D eigenvalue weighted by Gasteiger charge is -2.21. The minimum atomic E-state index is -3.22. The summed E-state index contributed by atoms with van der Waals surface area (Å²) in [6.07, 6.45) is 5.80. The Labute approximate surface area is 103 Å². The van der Waals surface area contributed by atoms with Gasteiger partial charge < -0.3 is 5.11 Å². The van der Waals surface area contributed by atoms with Crippen LogP contribution in [-0.4, -0.2) is 31.8 Å². The van der Waals surface area contributed by atoms with E-state index in [1.807, 2.05) is 0 Å². The molecule has 2 N–H and O–H groups in total. The largest absolute Gasteiger partial charge is 0.481 e. The number of nitrogens with one attached hydrogen (secondary N) is 1. The van der Waals surface area contributed by atoms with Crippen molar-refractivity contribution in [1.29, 1.82) is 0 Å². The van der Waals surface area contributed by atoms with E-state index in [4.69, 9.17) is 5.11 Å². The summed E-state index contributed by atoms with van der Waals surface area (Å²) in [5, 5.41) is 8.43. The van der Waals surface area contributed by atoms with Gasteiger partial charge in [0.2, 0.25) is 10.0 Å². The topological polar surface area (TPSA) is 83.5 Å². The third kappa shape index (κ3) is 6.63. The van der Waals surface area contributed by atoms with Crippen LogP contribution < -0.4 is 4.72 Å². The highest BCUT2D eigenvalue weighted by Gasteiger charge is 2.20. The number of rotatable bonds is 7. The van der Waals surface area contributed by atoms with Crippen LogP contribution in [0.3, 0.4) is 0 Å². The SMILES string of the molecule is O=C(O)CCCNS(=O)(=O)CC1CCCCC1. The van der Waals surface area contributed by atoms with Crippen molar-refractivity contribution in [3.63, 3.8) is 0 Å². The number of sulfonamides is 1. The van der Waals surface area contributed by atoms with Gasteiger partial charge in [-0.1, -0.05) is 19.3 Å². The van der Waals surface area contributed by atoms with E-state index in [0.29, 0.717) is 6.42 Å². The van der Waals surface area contributed by atoms with Gasteiger partial charge in [0, 0.05) is 13.0 Å². The molecule has 0 aromatic carbocycles. The molecule has 0 bridgehead atoms. The number of hydrogen-bond donors (Lipinski definition) is 2. The molecule has 0 unspecified atom stereocenters. The Hall–Kier alpha value is -0.620. The second kappa shape index (κ2) is 6.96. The maximum absolute atomic E-state index is 11.7. The first-order valence-electron chi connectivity index (χ1n) is 6.19. The third-order valence-electron chi connectivity index (χ3n) is 3.07. The monoisotopic (exact) mass is 263 g/mol. The van der Waals surface area contributed by atoms with E-state index in [1.54, 1.807) is 0 Å². The van der Waals surface area contributed by atoms with Crippen molar-refractivity contribution in [2.75, 3.05) is 12.3 Å². The van der Waals surface area contributed by atoms with Crippen molar-refractivity contribution in [3.8, 4) is 0 Å². The van der Waals surface area contributed by atoms with Crippen molar-refractivity contribution in [1.82, 2.24) is 4.72 Å². The molecule has 0 radical (unpaired) electrons. The normalized spacial score (nSPS) is 18.1. The first-order chi connectivity index (χ1) is 7.99. The minimum absolute atomic E-state index is 0.00590. The van der Waals surface area contributed by atoms with E-state index in [2.05, 4.69) is 4.72 Å². The average Bonchev–Trinajstić information content (AvgIpc) is 2.25. The molecule has 0 atom stereocenters. The molecule has 1 aliphatic rings. The Bertz CT molecular complexity index is 333. The Morgan fingerprint density at radius 3 is 2.47 bits per heavy atom. The van der Waals surface area contributed by atoms with Crippen LogP contribution in [0.15, 0.2) is 0 Å². The second-order valence-corrected chi connectivity index (χ2v) is 6.53. The maximum Gasteiger partial charge on any atom is 0.303 e. The zero-order valence-electron chi connectivity index (χ0n) is 10.0. The molecule has 0 spiro atoms. The van der Waals surface area contributed by atoms with Crippen LogP contribution in [-0.2, 0) is 14.8 Å². The van der Waals surface area contributed by atoms with Crippen LogP contribution in [0.4, 0.5) is 0 Å². The zero-order valence-corrected chi connectivity index (χ0v) is 10.8. The van der Waals surface area contributed by atoms with E-state index in [-0.39, 0.29) is 24.6 Å². The standard InChI is InChI=1S/C11H21NO4S/c13-11(14)7-4-8-12-17(15,16)9-10-5-2-1-3-6-10/h10,12H,1-9H2,(H,13,14). The molecule has 17 heavy (non-hydrogen) atoms. The molecule has 1 rings (SSSR count). The molecule has 1 aliphatic carbocycles. The quantitative estimate of drug-likeness (QED) is 0.679. The van der Waals surface area contributed by atoms with Crippen molar-refractivity contribution in [2.24, 2.45) is 5.92 Å². The molecular formula is C11H21NO4S. The molecular weight excluding hydrogens is 242 g/mol. The second-order valence-electron chi connectivity index (χ2n) is 4.68. The van der Waals surface area contributed by atoms with E-state index in [9.17, 15) is 13.2 Å². The van der Waals surface area contributed by atoms with Crippen LogP contribution >= 0.6 is 0 Å².